The standard InChI is InChI=1S/C19H17FN2O3/c1-10-16-15(25-18(10)19(23)24)8-7-12-9-22(21-17(12)16)11(2)13-5-3-4-6-14(13)20/h3-6,9,11H,7-8H2,1-2H3,(H,23,24)/t11-/m1/s1. The number of carboxylic acids is 1. The van der Waals surface area contributed by atoms with Crippen LogP contribution in [-0.2, 0) is 12.8 Å². The second-order valence-corrected chi connectivity index (χ2v) is 6.34. The van der Waals surface area contributed by atoms with Crippen molar-refractivity contribution in [3.63, 3.8) is 0 Å². The summed E-state index contributed by atoms with van der Waals surface area (Å²) < 4.78 is 21.3. The number of furan rings is 1. The van der Waals surface area contributed by atoms with Crippen LogP contribution in [0.4, 0.5) is 4.39 Å². The molecule has 0 amide bonds. The van der Waals surface area contributed by atoms with Gasteiger partial charge in [0.2, 0.25) is 5.76 Å². The van der Waals surface area contributed by atoms with Gasteiger partial charge in [-0.15, -0.1) is 0 Å². The minimum absolute atomic E-state index is 0.0328. The van der Waals surface area contributed by atoms with Crippen molar-refractivity contribution in [2.45, 2.75) is 32.7 Å². The second kappa shape index (κ2) is 5.58. The molecule has 6 heteroatoms. The smallest absolute Gasteiger partial charge is 0.372 e. The number of carboxylic acid groups (broad SMARTS) is 1. The Balaban J connectivity index is 1.80. The molecule has 0 bridgehead atoms. The number of fused-ring (bicyclic) bond motifs is 3. The number of nitrogens with zero attached hydrogens (tertiary/aromatic N) is 2. The summed E-state index contributed by atoms with van der Waals surface area (Å²) in [4.78, 5) is 11.3. The van der Waals surface area contributed by atoms with Crippen LogP contribution in [0.25, 0.3) is 11.3 Å². The average molecular weight is 340 g/mol. The minimum Gasteiger partial charge on any atom is -0.475 e. The van der Waals surface area contributed by atoms with Crippen LogP contribution < -0.4 is 0 Å². The van der Waals surface area contributed by atoms with Crippen LogP contribution in [0, 0.1) is 12.7 Å². The lowest BCUT2D eigenvalue weighted by atomic mass is 9.94. The van der Waals surface area contributed by atoms with Gasteiger partial charge >= 0.3 is 5.97 Å². The molecule has 25 heavy (non-hydrogen) atoms. The summed E-state index contributed by atoms with van der Waals surface area (Å²) in [6, 6.07) is 6.38. The number of rotatable bonds is 3. The lowest BCUT2D eigenvalue weighted by molar-refractivity contribution is 0.0659. The molecule has 1 aromatic carbocycles. The topological polar surface area (TPSA) is 68.3 Å². The molecular weight excluding hydrogens is 323 g/mol. The first-order valence-corrected chi connectivity index (χ1v) is 8.15. The van der Waals surface area contributed by atoms with Gasteiger partial charge < -0.3 is 9.52 Å². The van der Waals surface area contributed by atoms with E-state index in [1.807, 2.05) is 13.1 Å². The molecule has 0 saturated heterocycles. The maximum Gasteiger partial charge on any atom is 0.372 e. The van der Waals surface area contributed by atoms with E-state index in [4.69, 9.17) is 4.42 Å². The number of hydrogen-bond acceptors (Lipinski definition) is 3. The SMILES string of the molecule is Cc1c(C(=O)O)oc2c1-c1nn([C@H](C)c3ccccc3F)cc1CC2. The first-order valence-electron chi connectivity index (χ1n) is 8.15. The van der Waals surface area contributed by atoms with Gasteiger partial charge in [-0.25, -0.2) is 9.18 Å². The van der Waals surface area contributed by atoms with Gasteiger partial charge in [0, 0.05) is 29.3 Å². The van der Waals surface area contributed by atoms with Crippen molar-refractivity contribution in [2.24, 2.45) is 0 Å². The summed E-state index contributed by atoms with van der Waals surface area (Å²) in [5.41, 5.74) is 3.68. The number of aromatic carboxylic acids is 1. The van der Waals surface area contributed by atoms with E-state index < -0.39 is 5.97 Å². The van der Waals surface area contributed by atoms with Gasteiger partial charge in [-0.05, 0) is 31.9 Å². The molecule has 5 nitrogen and oxygen atoms in total. The predicted molar refractivity (Wildman–Crippen MR) is 89.2 cm³/mol. The molecule has 128 valence electrons. The van der Waals surface area contributed by atoms with Crippen molar-refractivity contribution in [1.29, 1.82) is 0 Å². The van der Waals surface area contributed by atoms with Crippen LogP contribution in [0.3, 0.4) is 0 Å². The third-order valence-electron chi connectivity index (χ3n) is 4.83. The third kappa shape index (κ3) is 2.36. The summed E-state index contributed by atoms with van der Waals surface area (Å²) in [6.07, 6.45) is 3.27. The van der Waals surface area contributed by atoms with E-state index in [1.54, 1.807) is 29.8 Å². The van der Waals surface area contributed by atoms with E-state index in [1.165, 1.54) is 6.07 Å². The molecular formula is C19H17FN2O3. The molecule has 0 radical (unpaired) electrons. The van der Waals surface area contributed by atoms with Gasteiger partial charge in [0.25, 0.3) is 0 Å². The van der Waals surface area contributed by atoms with Crippen molar-refractivity contribution in [3.8, 4) is 11.3 Å². The van der Waals surface area contributed by atoms with Crippen molar-refractivity contribution in [1.82, 2.24) is 9.78 Å². The predicted octanol–water partition coefficient (Wildman–Crippen LogP) is 4.00. The first-order chi connectivity index (χ1) is 12.0. The van der Waals surface area contributed by atoms with E-state index in [2.05, 4.69) is 5.10 Å². The Morgan fingerprint density at radius 1 is 1.36 bits per heavy atom. The van der Waals surface area contributed by atoms with E-state index in [0.29, 0.717) is 23.3 Å². The van der Waals surface area contributed by atoms with Crippen LogP contribution in [0.2, 0.25) is 0 Å². The molecule has 3 aromatic rings. The fourth-order valence-electron chi connectivity index (χ4n) is 3.49. The highest BCUT2D eigenvalue weighted by atomic mass is 19.1. The number of aryl methyl sites for hydroxylation is 2. The van der Waals surface area contributed by atoms with Crippen molar-refractivity contribution < 1.29 is 18.7 Å². The Morgan fingerprint density at radius 2 is 2.12 bits per heavy atom. The molecule has 0 saturated carbocycles. The monoisotopic (exact) mass is 340 g/mol. The summed E-state index contributed by atoms with van der Waals surface area (Å²) in [7, 11) is 0. The minimum atomic E-state index is -1.08. The van der Waals surface area contributed by atoms with Gasteiger partial charge in [-0.3, -0.25) is 4.68 Å². The van der Waals surface area contributed by atoms with E-state index in [-0.39, 0.29) is 17.6 Å². The van der Waals surface area contributed by atoms with Crippen LogP contribution in [-0.4, -0.2) is 20.9 Å². The molecule has 1 atom stereocenters. The Kier molecular flexibility index (Phi) is 3.49. The highest BCUT2D eigenvalue weighted by Gasteiger charge is 2.30. The normalized spacial score (nSPS) is 14.0. The van der Waals surface area contributed by atoms with Crippen molar-refractivity contribution in [2.75, 3.05) is 0 Å². The van der Waals surface area contributed by atoms with Crippen LogP contribution in [0.1, 0.15) is 46.0 Å². The molecule has 1 aliphatic rings. The Morgan fingerprint density at radius 3 is 2.84 bits per heavy atom. The van der Waals surface area contributed by atoms with Gasteiger partial charge in [0.15, 0.2) is 0 Å². The molecule has 1 aliphatic carbocycles. The van der Waals surface area contributed by atoms with Crippen molar-refractivity contribution >= 4 is 5.97 Å². The number of hydrogen-bond donors (Lipinski definition) is 1. The summed E-state index contributed by atoms with van der Waals surface area (Å²) in [5.74, 6) is -0.717. The van der Waals surface area contributed by atoms with Gasteiger partial charge in [0.1, 0.15) is 11.6 Å². The van der Waals surface area contributed by atoms with Crippen LogP contribution >= 0.6 is 0 Å². The Labute approximate surface area is 143 Å². The molecule has 0 unspecified atom stereocenters. The summed E-state index contributed by atoms with van der Waals surface area (Å²) >= 11 is 0. The van der Waals surface area contributed by atoms with E-state index in [0.717, 1.165) is 23.2 Å². The highest BCUT2D eigenvalue weighted by molar-refractivity contribution is 5.90. The molecule has 0 spiro atoms. The van der Waals surface area contributed by atoms with Gasteiger partial charge in [0.05, 0.1) is 11.7 Å². The van der Waals surface area contributed by atoms with Gasteiger partial charge in [-0.2, -0.15) is 5.10 Å². The maximum atomic E-state index is 14.1. The quantitative estimate of drug-likeness (QED) is 0.782. The number of halogens is 1. The van der Waals surface area contributed by atoms with Crippen LogP contribution in [0.5, 0.6) is 0 Å². The fraction of sp³-hybridized carbons (Fsp3) is 0.263. The Bertz CT molecular complexity index is 987. The number of aromatic nitrogens is 2. The highest BCUT2D eigenvalue weighted by Crippen LogP contribution is 2.39. The third-order valence-corrected chi connectivity index (χ3v) is 4.83. The molecule has 2 heterocycles. The zero-order valence-electron chi connectivity index (χ0n) is 13.9. The lowest BCUT2D eigenvalue weighted by Gasteiger charge is -2.13. The summed E-state index contributed by atoms with van der Waals surface area (Å²) in [6.45, 7) is 3.63. The van der Waals surface area contributed by atoms with E-state index >= 15 is 0 Å². The number of carbonyl (C=O) groups is 1. The zero-order chi connectivity index (χ0) is 17.7. The number of benzene rings is 1. The largest absolute Gasteiger partial charge is 0.475 e. The first kappa shape index (κ1) is 15.6. The van der Waals surface area contributed by atoms with Gasteiger partial charge in [-0.1, -0.05) is 18.2 Å². The molecule has 4 rings (SSSR count). The lowest BCUT2D eigenvalue weighted by Crippen LogP contribution is -2.09. The van der Waals surface area contributed by atoms with Crippen LogP contribution in [0.15, 0.2) is 34.9 Å². The zero-order valence-corrected chi connectivity index (χ0v) is 13.9. The molecule has 1 N–H and O–H groups in total. The summed E-state index contributed by atoms with van der Waals surface area (Å²) in [5, 5.41) is 13.9. The Hall–Kier alpha value is -2.89. The van der Waals surface area contributed by atoms with Crippen molar-refractivity contribution in [3.05, 3.63) is 64.5 Å². The van der Waals surface area contributed by atoms with E-state index in [9.17, 15) is 14.3 Å². The molecule has 0 aliphatic heterocycles. The maximum absolute atomic E-state index is 14.1. The molecule has 2 aromatic heterocycles. The second-order valence-electron chi connectivity index (χ2n) is 6.34. The average Bonchev–Trinajstić information content (AvgIpc) is 3.15. The fourth-order valence-corrected chi connectivity index (χ4v) is 3.49. The molecule has 0 fully saturated rings.